The number of hydrogen-bond donors (Lipinski definition) is 1. The molecule has 7 heavy (non-hydrogen) atoms. The highest BCUT2D eigenvalue weighted by Crippen LogP contribution is 2.03. The Morgan fingerprint density at radius 1 is 1.86 bits per heavy atom. The van der Waals surface area contributed by atoms with Gasteiger partial charge in [-0.1, -0.05) is 12.8 Å². The number of terminal acetylenes is 1. The van der Waals surface area contributed by atoms with Crippen LogP contribution in [0.15, 0.2) is 0 Å². The maximum atomic E-state index is 8.90. The first-order valence-electron chi connectivity index (χ1n) is 2.32. The average Bonchev–Trinajstić information content (AvgIpc) is 1.68. The van der Waals surface area contributed by atoms with E-state index in [2.05, 4.69) is 5.92 Å². The topological polar surface area (TPSA) is 20.2 Å². The maximum absolute atomic E-state index is 8.90. The second-order valence-electron chi connectivity index (χ2n) is 1.77. The first-order valence-corrected chi connectivity index (χ1v) is 2.32. The molecule has 0 saturated heterocycles. The van der Waals surface area contributed by atoms with Gasteiger partial charge >= 0.3 is 0 Å². The summed E-state index contributed by atoms with van der Waals surface area (Å²) in [7, 11) is 0. The van der Waals surface area contributed by atoms with Crippen LogP contribution >= 0.6 is 0 Å². The third kappa shape index (κ3) is 2.24. The molecule has 1 atom stereocenters. The Morgan fingerprint density at radius 2 is 2.29 bits per heavy atom. The van der Waals surface area contributed by atoms with Crippen molar-refractivity contribution in [1.82, 2.24) is 0 Å². The molecule has 0 saturated carbocycles. The third-order valence-electron chi connectivity index (χ3n) is 0.999. The van der Waals surface area contributed by atoms with Gasteiger partial charge in [-0.05, 0) is 13.3 Å². The Balaban J connectivity index is 3.66. The highest BCUT2D eigenvalue weighted by molar-refractivity contribution is 5.03. The Labute approximate surface area is 44.4 Å². The lowest BCUT2D eigenvalue weighted by Gasteiger charge is -2.10. The van der Waals surface area contributed by atoms with Gasteiger partial charge in [0, 0.05) is 0 Å². The van der Waals surface area contributed by atoms with Crippen molar-refractivity contribution in [3.8, 4) is 12.3 Å². The SMILES string of the molecule is C#C[C@](C)(O)CC. The van der Waals surface area contributed by atoms with Crippen molar-refractivity contribution in [2.45, 2.75) is 25.9 Å². The average molecular weight is 98.1 g/mol. The van der Waals surface area contributed by atoms with E-state index < -0.39 is 5.60 Å². The predicted molar refractivity (Wildman–Crippen MR) is 29.7 cm³/mol. The molecule has 1 N–H and O–H groups in total. The Hall–Kier alpha value is -0.480. The van der Waals surface area contributed by atoms with E-state index in [-0.39, 0.29) is 0 Å². The van der Waals surface area contributed by atoms with Gasteiger partial charge < -0.3 is 5.11 Å². The minimum atomic E-state index is -0.889. The van der Waals surface area contributed by atoms with Crippen LogP contribution in [0.3, 0.4) is 0 Å². The first-order chi connectivity index (χ1) is 3.12. The minimum absolute atomic E-state index is 0.615. The van der Waals surface area contributed by atoms with E-state index in [9.17, 15) is 0 Å². The molecular weight excluding hydrogens is 88.1 g/mol. The van der Waals surface area contributed by atoms with Crippen LogP contribution in [0, 0.1) is 12.3 Å². The molecule has 0 aromatic heterocycles. The van der Waals surface area contributed by atoms with Crippen LogP contribution < -0.4 is 0 Å². The highest BCUT2D eigenvalue weighted by Gasteiger charge is 2.10. The molecule has 0 aliphatic carbocycles. The molecule has 0 bridgehead atoms. The second-order valence-corrected chi connectivity index (χ2v) is 1.77. The highest BCUT2D eigenvalue weighted by atomic mass is 16.3. The fraction of sp³-hybridized carbons (Fsp3) is 0.667. The lowest BCUT2D eigenvalue weighted by Crippen LogP contribution is -2.18. The molecule has 40 valence electrons. The largest absolute Gasteiger partial charge is 0.378 e. The quantitative estimate of drug-likeness (QED) is 0.480. The summed E-state index contributed by atoms with van der Waals surface area (Å²) in [6.07, 6.45) is 5.53. The monoisotopic (exact) mass is 98.1 g/mol. The van der Waals surface area contributed by atoms with Crippen molar-refractivity contribution in [1.29, 1.82) is 0 Å². The number of rotatable bonds is 1. The van der Waals surface area contributed by atoms with Crippen LogP contribution in [0.2, 0.25) is 0 Å². The Bertz CT molecular complexity index is 86.8. The summed E-state index contributed by atoms with van der Waals surface area (Å²) in [4.78, 5) is 0. The Kier molecular flexibility index (Phi) is 1.86. The van der Waals surface area contributed by atoms with Crippen LogP contribution in [0.1, 0.15) is 20.3 Å². The fourth-order valence-corrected chi connectivity index (χ4v) is 0.102. The van der Waals surface area contributed by atoms with Crippen LogP contribution in [0.25, 0.3) is 0 Å². The van der Waals surface area contributed by atoms with Gasteiger partial charge in [-0.2, -0.15) is 0 Å². The van der Waals surface area contributed by atoms with Gasteiger partial charge in [0.05, 0.1) is 0 Å². The van der Waals surface area contributed by atoms with Crippen molar-refractivity contribution < 1.29 is 5.11 Å². The number of hydrogen-bond acceptors (Lipinski definition) is 1. The van der Waals surface area contributed by atoms with E-state index in [1.165, 1.54) is 0 Å². The Morgan fingerprint density at radius 3 is 2.29 bits per heavy atom. The predicted octanol–water partition coefficient (Wildman–Crippen LogP) is 0.781. The summed E-state index contributed by atoms with van der Waals surface area (Å²) in [5, 5.41) is 8.90. The van der Waals surface area contributed by atoms with Gasteiger partial charge in [-0.15, -0.1) is 6.42 Å². The molecule has 1 heteroatoms. The fourth-order valence-electron chi connectivity index (χ4n) is 0.102. The van der Waals surface area contributed by atoms with E-state index >= 15 is 0 Å². The molecule has 0 aliphatic rings. The molecule has 0 heterocycles. The molecule has 0 spiro atoms. The van der Waals surface area contributed by atoms with E-state index in [0.29, 0.717) is 6.42 Å². The molecule has 0 radical (unpaired) electrons. The van der Waals surface area contributed by atoms with E-state index in [1.807, 2.05) is 6.92 Å². The summed E-state index contributed by atoms with van der Waals surface area (Å²) < 4.78 is 0. The molecule has 1 nitrogen and oxygen atoms in total. The van der Waals surface area contributed by atoms with Crippen LogP contribution in [0.4, 0.5) is 0 Å². The van der Waals surface area contributed by atoms with E-state index in [1.54, 1.807) is 6.92 Å². The first kappa shape index (κ1) is 6.52. The zero-order valence-electron chi connectivity index (χ0n) is 4.73. The minimum Gasteiger partial charge on any atom is -0.378 e. The summed E-state index contributed by atoms with van der Waals surface area (Å²) in [5.74, 6) is 2.25. The van der Waals surface area contributed by atoms with Gasteiger partial charge in [0.2, 0.25) is 0 Å². The molecule has 0 amide bonds. The van der Waals surface area contributed by atoms with Gasteiger partial charge in [0.25, 0.3) is 0 Å². The van der Waals surface area contributed by atoms with Crippen molar-refractivity contribution in [3.05, 3.63) is 0 Å². The summed E-state index contributed by atoms with van der Waals surface area (Å²) in [5.41, 5.74) is -0.889. The lowest BCUT2D eigenvalue weighted by atomic mass is 10.1. The smallest absolute Gasteiger partial charge is 0.122 e. The molecule has 0 aliphatic heterocycles. The zero-order chi connectivity index (χ0) is 5.91. The van der Waals surface area contributed by atoms with Crippen LogP contribution in [-0.4, -0.2) is 10.7 Å². The molecular formula is C6H10O. The van der Waals surface area contributed by atoms with E-state index in [0.717, 1.165) is 0 Å². The summed E-state index contributed by atoms with van der Waals surface area (Å²) in [6, 6.07) is 0. The summed E-state index contributed by atoms with van der Waals surface area (Å²) in [6.45, 7) is 3.47. The van der Waals surface area contributed by atoms with Crippen molar-refractivity contribution in [2.24, 2.45) is 0 Å². The summed E-state index contributed by atoms with van der Waals surface area (Å²) >= 11 is 0. The molecule has 0 rings (SSSR count). The van der Waals surface area contributed by atoms with Crippen molar-refractivity contribution in [2.75, 3.05) is 0 Å². The zero-order valence-corrected chi connectivity index (χ0v) is 4.73. The van der Waals surface area contributed by atoms with Crippen LogP contribution in [0.5, 0.6) is 0 Å². The van der Waals surface area contributed by atoms with Crippen molar-refractivity contribution >= 4 is 0 Å². The molecule has 0 unspecified atom stereocenters. The number of aliphatic hydroxyl groups is 1. The van der Waals surface area contributed by atoms with Gasteiger partial charge in [-0.25, -0.2) is 0 Å². The second kappa shape index (κ2) is 1.99. The van der Waals surface area contributed by atoms with Crippen molar-refractivity contribution in [3.63, 3.8) is 0 Å². The molecule has 0 fully saturated rings. The van der Waals surface area contributed by atoms with Gasteiger partial charge in [0.1, 0.15) is 5.60 Å². The standard InChI is InChI=1S/C6H10O/c1-4-6(3,7)5-2/h1,7H,5H2,2-3H3/t6-/m0/s1. The molecule has 0 aromatic rings. The lowest BCUT2D eigenvalue weighted by molar-refractivity contribution is 0.118. The third-order valence-corrected chi connectivity index (χ3v) is 0.999. The normalized spacial score (nSPS) is 17.4. The van der Waals surface area contributed by atoms with Gasteiger partial charge in [-0.3, -0.25) is 0 Å². The van der Waals surface area contributed by atoms with Gasteiger partial charge in [0.15, 0.2) is 0 Å². The van der Waals surface area contributed by atoms with E-state index in [4.69, 9.17) is 11.5 Å². The van der Waals surface area contributed by atoms with Crippen LogP contribution in [-0.2, 0) is 0 Å². The molecule has 0 aromatic carbocycles. The maximum Gasteiger partial charge on any atom is 0.122 e.